The van der Waals surface area contributed by atoms with E-state index in [4.69, 9.17) is 16.2 Å². The van der Waals surface area contributed by atoms with Gasteiger partial charge in [0.25, 0.3) is 0 Å². The van der Waals surface area contributed by atoms with Crippen LogP contribution in [0.1, 0.15) is 31.2 Å². The molecule has 1 atom stereocenters. The first-order valence-electron chi connectivity index (χ1n) is 7.60. The third-order valence-corrected chi connectivity index (χ3v) is 3.76. The van der Waals surface area contributed by atoms with E-state index in [1.54, 1.807) is 0 Å². The fraction of sp³-hybridized carbons (Fsp3) is 0.562. The minimum absolute atomic E-state index is 0.278. The van der Waals surface area contributed by atoms with Crippen LogP contribution in [0.25, 0.3) is 0 Å². The van der Waals surface area contributed by atoms with Crippen LogP contribution in [0.5, 0.6) is 0 Å². The van der Waals surface area contributed by atoms with E-state index in [0.29, 0.717) is 12.6 Å². The Labute approximate surface area is 126 Å². The first-order chi connectivity index (χ1) is 10.1. The molecule has 0 aliphatic carbocycles. The molecule has 0 spiro atoms. The lowest BCUT2D eigenvalue weighted by atomic mass is 10.1. The number of nitrogen functional groups attached to an aromatic ring is 1. The van der Waals surface area contributed by atoms with Crippen LogP contribution in [-0.4, -0.2) is 36.6 Å². The van der Waals surface area contributed by atoms with E-state index in [9.17, 15) is 4.79 Å². The van der Waals surface area contributed by atoms with Gasteiger partial charge in [0.2, 0.25) is 5.91 Å². The second kappa shape index (κ2) is 8.00. The molecule has 1 aromatic carbocycles. The van der Waals surface area contributed by atoms with Crippen molar-refractivity contribution in [3.63, 3.8) is 0 Å². The third kappa shape index (κ3) is 5.73. The second-order valence-corrected chi connectivity index (χ2v) is 5.70. The van der Waals surface area contributed by atoms with Gasteiger partial charge in [0.15, 0.2) is 0 Å². The van der Waals surface area contributed by atoms with Gasteiger partial charge < -0.3 is 16.2 Å². The first-order valence-corrected chi connectivity index (χ1v) is 7.60. The van der Waals surface area contributed by atoms with Gasteiger partial charge in [-0.3, -0.25) is 9.69 Å². The Balaban J connectivity index is 1.83. The average Bonchev–Trinajstić information content (AvgIpc) is 2.91. The standard InChI is InChI=1S/C16H25N3O2/c17-14-5-1-4-13(10-14)11-19(12-16(18)20)8-2-6-15-7-3-9-21-15/h1,4-5,10,15H,2-3,6-9,11-12,17H2,(H2,18,20). The quantitative estimate of drug-likeness (QED) is 0.711. The minimum atomic E-state index is -0.295. The minimum Gasteiger partial charge on any atom is -0.399 e. The number of hydrogen-bond acceptors (Lipinski definition) is 4. The van der Waals surface area contributed by atoms with E-state index in [0.717, 1.165) is 43.7 Å². The molecule has 1 unspecified atom stereocenters. The molecule has 0 radical (unpaired) electrons. The Morgan fingerprint density at radius 2 is 2.29 bits per heavy atom. The lowest BCUT2D eigenvalue weighted by Crippen LogP contribution is -2.34. The van der Waals surface area contributed by atoms with Crippen molar-refractivity contribution in [1.29, 1.82) is 0 Å². The van der Waals surface area contributed by atoms with Crippen molar-refractivity contribution >= 4 is 11.6 Å². The maximum absolute atomic E-state index is 11.2. The number of benzene rings is 1. The molecule has 0 saturated carbocycles. The van der Waals surface area contributed by atoms with Crippen molar-refractivity contribution in [3.05, 3.63) is 29.8 Å². The monoisotopic (exact) mass is 291 g/mol. The first kappa shape index (κ1) is 15.8. The van der Waals surface area contributed by atoms with Crippen LogP contribution in [0.2, 0.25) is 0 Å². The van der Waals surface area contributed by atoms with Gasteiger partial charge in [0.05, 0.1) is 12.6 Å². The maximum atomic E-state index is 11.2. The van der Waals surface area contributed by atoms with E-state index in [-0.39, 0.29) is 12.5 Å². The van der Waals surface area contributed by atoms with Crippen molar-refractivity contribution in [3.8, 4) is 0 Å². The Kier molecular flexibility index (Phi) is 6.02. The number of ether oxygens (including phenoxy) is 1. The van der Waals surface area contributed by atoms with Crippen LogP contribution >= 0.6 is 0 Å². The molecular formula is C16H25N3O2. The fourth-order valence-electron chi connectivity index (χ4n) is 2.80. The molecule has 0 bridgehead atoms. The lowest BCUT2D eigenvalue weighted by Gasteiger charge is -2.21. The van der Waals surface area contributed by atoms with E-state index < -0.39 is 0 Å². The van der Waals surface area contributed by atoms with Gasteiger partial charge in [0, 0.05) is 18.8 Å². The van der Waals surface area contributed by atoms with Crippen molar-refractivity contribution in [1.82, 2.24) is 4.90 Å². The summed E-state index contributed by atoms with van der Waals surface area (Å²) in [6, 6.07) is 7.75. The predicted molar refractivity (Wildman–Crippen MR) is 83.5 cm³/mol. The summed E-state index contributed by atoms with van der Waals surface area (Å²) >= 11 is 0. The molecular weight excluding hydrogens is 266 g/mol. The number of nitrogens with zero attached hydrogens (tertiary/aromatic N) is 1. The van der Waals surface area contributed by atoms with Gasteiger partial charge in [-0.1, -0.05) is 12.1 Å². The summed E-state index contributed by atoms with van der Waals surface area (Å²) in [4.78, 5) is 13.3. The third-order valence-electron chi connectivity index (χ3n) is 3.76. The van der Waals surface area contributed by atoms with Crippen LogP contribution in [0.15, 0.2) is 24.3 Å². The number of anilines is 1. The highest BCUT2D eigenvalue weighted by Crippen LogP contribution is 2.17. The topological polar surface area (TPSA) is 81.6 Å². The Morgan fingerprint density at radius 1 is 1.43 bits per heavy atom. The normalized spacial score (nSPS) is 18.2. The van der Waals surface area contributed by atoms with Crippen molar-refractivity contribution < 1.29 is 9.53 Å². The number of hydrogen-bond donors (Lipinski definition) is 2. The number of rotatable bonds is 8. The van der Waals surface area contributed by atoms with E-state index in [1.807, 2.05) is 24.3 Å². The summed E-state index contributed by atoms with van der Waals surface area (Å²) in [5.74, 6) is -0.295. The molecule has 2 rings (SSSR count). The van der Waals surface area contributed by atoms with Crippen LogP contribution in [0.3, 0.4) is 0 Å². The molecule has 5 heteroatoms. The van der Waals surface area contributed by atoms with Crippen molar-refractivity contribution in [2.75, 3.05) is 25.4 Å². The molecule has 1 heterocycles. The molecule has 1 aliphatic heterocycles. The number of nitrogens with two attached hydrogens (primary N) is 2. The van der Waals surface area contributed by atoms with Gasteiger partial charge in [-0.2, -0.15) is 0 Å². The van der Waals surface area contributed by atoms with Gasteiger partial charge >= 0.3 is 0 Å². The van der Waals surface area contributed by atoms with E-state index in [1.165, 1.54) is 6.42 Å². The summed E-state index contributed by atoms with van der Waals surface area (Å²) in [5.41, 5.74) is 13.0. The van der Waals surface area contributed by atoms with Gasteiger partial charge in [-0.15, -0.1) is 0 Å². The number of primary amides is 1. The van der Waals surface area contributed by atoms with Gasteiger partial charge in [-0.25, -0.2) is 0 Å². The molecule has 0 aromatic heterocycles. The summed E-state index contributed by atoms with van der Waals surface area (Å²) in [6.07, 6.45) is 4.78. The largest absolute Gasteiger partial charge is 0.399 e. The Morgan fingerprint density at radius 3 is 2.95 bits per heavy atom. The van der Waals surface area contributed by atoms with Crippen LogP contribution < -0.4 is 11.5 Å². The van der Waals surface area contributed by atoms with Crippen molar-refractivity contribution in [2.24, 2.45) is 5.73 Å². The fourth-order valence-corrected chi connectivity index (χ4v) is 2.80. The molecule has 1 aliphatic rings. The zero-order valence-corrected chi connectivity index (χ0v) is 12.5. The second-order valence-electron chi connectivity index (χ2n) is 5.70. The number of carbonyl (C=O) groups is 1. The highest BCUT2D eigenvalue weighted by Gasteiger charge is 2.16. The highest BCUT2D eigenvalue weighted by molar-refractivity contribution is 5.75. The summed E-state index contributed by atoms with van der Waals surface area (Å²) in [6.45, 7) is 2.70. The zero-order chi connectivity index (χ0) is 15.1. The van der Waals surface area contributed by atoms with E-state index >= 15 is 0 Å². The zero-order valence-electron chi connectivity index (χ0n) is 12.5. The summed E-state index contributed by atoms with van der Waals surface area (Å²) in [7, 11) is 0. The average molecular weight is 291 g/mol. The van der Waals surface area contributed by atoms with E-state index in [2.05, 4.69) is 4.90 Å². The Hall–Kier alpha value is -1.59. The predicted octanol–water partition coefficient (Wildman–Crippen LogP) is 1.52. The molecule has 1 aromatic rings. The van der Waals surface area contributed by atoms with Crippen LogP contribution in [0, 0.1) is 0 Å². The molecule has 5 nitrogen and oxygen atoms in total. The lowest BCUT2D eigenvalue weighted by molar-refractivity contribution is -0.119. The summed E-state index contributed by atoms with van der Waals surface area (Å²) < 4.78 is 5.62. The van der Waals surface area contributed by atoms with Gasteiger partial charge in [0.1, 0.15) is 0 Å². The maximum Gasteiger partial charge on any atom is 0.231 e. The SMILES string of the molecule is NC(=O)CN(CCCC1CCCO1)Cc1cccc(N)c1. The molecule has 4 N–H and O–H groups in total. The summed E-state index contributed by atoms with van der Waals surface area (Å²) in [5, 5.41) is 0. The molecule has 21 heavy (non-hydrogen) atoms. The van der Waals surface area contributed by atoms with Crippen LogP contribution in [-0.2, 0) is 16.1 Å². The van der Waals surface area contributed by atoms with Gasteiger partial charge in [-0.05, 0) is 49.9 Å². The molecule has 1 amide bonds. The molecule has 1 fully saturated rings. The van der Waals surface area contributed by atoms with Crippen LogP contribution in [0.4, 0.5) is 5.69 Å². The smallest absolute Gasteiger partial charge is 0.231 e. The number of carbonyl (C=O) groups excluding carboxylic acids is 1. The molecule has 1 saturated heterocycles. The Bertz CT molecular complexity index is 459. The van der Waals surface area contributed by atoms with Crippen molar-refractivity contribution in [2.45, 2.75) is 38.3 Å². The number of amides is 1. The highest BCUT2D eigenvalue weighted by atomic mass is 16.5. The molecule has 116 valence electrons.